The van der Waals surface area contributed by atoms with Crippen molar-refractivity contribution < 1.29 is 0 Å². The highest BCUT2D eigenvalue weighted by molar-refractivity contribution is 8.00. The minimum absolute atomic E-state index is 0.861. The van der Waals surface area contributed by atoms with E-state index < -0.39 is 0 Å². The molecule has 13 heavy (non-hydrogen) atoms. The minimum atomic E-state index is 0.861. The number of thiophene rings is 1. The fraction of sp³-hybridized carbons (Fsp3) is 0.200. The summed E-state index contributed by atoms with van der Waals surface area (Å²) >= 11 is 3.60. The molecule has 1 aromatic carbocycles. The molecule has 0 amide bonds. The van der Waals surface area contributed by atoms with Crippen LogP contribution < -0.4 is 5.73 Å². The van der Waals surface area contributed by atoms with Crippen LogP contribution in [0.2, 0.25) is 0 Å². The molecule has 1 aromatic heterocycles. The van der Waals surface area contributed by atoms with Gasteiger partial charge in [0.25, 0.3) is 0 Å². The van der Waals surface area contributed by atoms with Crippen LogP contribution in [0.25, 0.3) is 10.1 Å². The van der Waals surface area contributed by atoms with Crippen molar-refractivity contribution in [2.45, 2.75) is 11.1 Å². The zero-order chi connectivity index (χ0) is 9.42. The molecule has 2 rings (SSSR count). The standard InChI is InChI=1S/C10H11NS2/c1-6-3-7(11)4-9-8(6)5-10(12-2)13-9/h3-5H,11H2,1-2H3. The summed E-state index contributed by atoms with van der Waals surface area (Å²) in [6.07, 6.45) is 2.10. The molecule has 0 bridgehead atoms. The van der Waals surface area contributed by atoms with Gasteiger partial charge >= 0.3 is 0 Å². The summed E-state index contributed by atoms with van der Waals surface area (Å²) < 4.78 is 2.64. The van der Waals surface area contributed by atoms with E-state index in [9.17, 15) is 0 Å². The van der Waals surface area contributed by atoms with Crippen molar-refractivity contribution in [2.24, 2.45) is 0 Å². The maximum absolute atomic E-state index is 5.78. The van der Waals surface area contributed by atoms with Gasteiger partial charge in [-0.3, -0.25) is 0 Å². The van der Waals surface area contributed by atoms with Crippen molar-refractivity contribution >= 4 is 38.9 Å². The van der Waals surface area contributed by atoms with E-state index in [4.69, 9.17) is 5.73 Å². The third-order valence-electron chi connectivity index (χ3n) is 2.05. The maximum atomic E-state index is 5.78. The summed E-state index contributed by atoms with van der Waals surface area (Å²) in [6.45, 7) is 2.11. The first kappa shape index (κ1) is 8.91. The molecule has 1 nitrogen and oxygen atoms in total. The number of hydrogen-bond acceptors (Lipinski definition) is 3. The topological polar surface area (TPSA) is 26.0 Å². The molecule has 0 aliphatic rings. The monoisotopic (exact) mass is 209 g/mol. The zero-order valence-electron chi connectivity index (χ0n) is 7.63. The van der Waals surface area contributed by atoms with Gasteiger partial charge in [0.15, 0.2) is 0 Å². The van der Waals surface area contributed by atoms with Crippen molar-refractivity contribution in [1.82, 2.24) is 0 Å². The van der Waals surface area contributed by atoms with Crippen LogP contribution in [0.1, 0.15) is 5.56 Å². The van der Waals surface area contributed by atoms with Gasteiger partial charge in [-0.2, -0.15) is 0 Å². The van der Waals surface area contributed by atoms with Crippen LogP contribution in [0, 0.1) is 6.92 Å². The molecule has 68 valence electrons. The van der Waals surface area contributed by atoms with E-state index >= 15 is 0 Å². The lowest BCUT2D eigenvalue weighted by Crippen LogP contribution is -1.84. The number of thioether (sulfide) groups is 1. The number of aryl methyl sites for hydroxylation is 1. The SMILES string of the molecule is CSc1cc2c(C)cc(N)cc2s1. The number of fused-ring (bicyclic) bond motifs is 1. The van der Waals surface area contributed by atoms with Crippen LogP contribution in [0.4, 0.5) is 5.69 Å². The van der Waals surface area contributed by atoms with Gasteiger partial charge in [0.05, 0.1) is 4.21 Å². The normalized spacial score (nSPS) is 10.9. The summed E-state index contributed by atoms with van der Waals surface area (Å²) in [7, 11) is 0. The molecule has 0 atom stereocenters. The van der Waals surface area contributed by atoms with Crippen molar-refractivity contribution in [3.8, 4) is 0 Å². The Morgan fingerprint density at radius 2 is 2.08 bits per heavy atom. The van der Waals surface area contributed by atoms with Crippen molar-refractivity contribution in [3.63, 3.8) is 0 Å². The highest BCUT2D eigenvalue weighted by Crippen LogP contribution is 2.34. The molecule has 2 aromatic rings. The number of rotatable bonds is 1. The smallest absolute Gasteiger partial charge is 0.0608 e. The minimum Gasteiger partial charge on any atom is -0.399 e. The van der Waals surface area contributed by atoms with Crippen molar-refractivity contribution in [2.75, 3.05) is 12.0 Å². The average molecular weight is 209 g/mol. The Bertz CT molecular complexity index is 445. The summed E-state index contributed by atoms with van der Waals surface area (Å²) in [4.78, 5) is 0. The predicted molar refractivity (Wildman–Crippen MR) is 62.8 cm³/mol. The number of hydrogen-bond donors (Lipinski definition) is 1. The van der Waals surface area contributed by atoms with Gasteiger partial charge in [-0.05, 0) is 42.3 Å². The Hall–Kier alpha value is -0.670. The third kappa shape index (κ3) is 1.54. The van der Waals surface area contributed by atoms with Crippen LogP contribution >= 0.6 is 23.1 Å². The van der Waals surface area contributed by atoms with E-state index in [0.717, 1.165) is 5.69 Å². The van der Waals surface area contributed by atoms with Gasteiger partial charge in [-0.1, -0.05) is 0 Å². The van der Waals surface area contributed by atoms with E-state index in [-0.39, 0.29) is 0 Å². The molecule has 2 N–H and O–H groups in total. The van der Waals surface area contributed by atoms with Gasteiger partial charge in [0.2, 0.25) is 0 Å². The fourth-order valence-corrected chi connectivity index (χ4v) is 3.18. The Kier molecular flexibility index (Phi) is 2.22. The molecule has 0 radical (unpaired) electrons. The van der Waals surface area contributed by atoms with Crippen LogP contribution in [0.5, 0.6) is 0 Å². The Labute approximate surface area is 85.9 Å². The molecular weight excluding hydrogens is 198 g/mol. The number of nitrogens with two attached hydrogens (primary N) is 1. The average Bonchev–Trinajstić information content (AvgIpc) is 2.47. The molecule has 1 heterocycles. The summed E-state index contributed by atoms with van der Waals surface area (Å²) in [5, 5.41) is 1.34. The first-order valence-corrected chi connectivity index (χ1v) is 6.08. The van der Waals surface area contributed by atoms with E-state index in [1.807, 2.05) is 23.5 Å². The lowest BCUT2D eigenvalue weighted by molar-refractivity contribution is 1.54. The molecule has 0 fully saturated rings. The largest absolute Gasteiger partial charge is 0.399 e. The molecule has 0 saturated carbocycles. The number of anilines is 1. The van der Waals surface area contributed by atoms with Gasteiger partial charge < -0.3 is 5.73 Å². The lowest BCUT2D eigenvalue weighted by Gasteiger charge is -1.97. The van der Waals surface area contributed by atoms with Crippen LogP contribution in [-0.4, -0.2) is 6.26 Å². The third-order valence-corrected chi connectivity index (χ3v) is 4.19. The van der Waals surface area contributed by atoms with Crippen LogP contribution in [0.15, 0.2) is 22.4 Å². The van der Waals surface area contributed by atoms with Crippen LogP contribution in [-0.2, 0) is 0 Å². The predicted octanol–water partition coefficient (Wildman–Crippen LogP) is 3.51. The van der Waals surface area contributed by atoms with Gasteiger partial charge in [-0.15, -0.1) is 23.1 Å². The van der Waals surface area contributed by atoms with E-state index in [1.165, 1.54) is 19.9 Å². The molecule has 0 aliphatic heterocycles. The van der Waals surface area contributed by atoms with Crippen molar-refractivity contribution in [3.05, 3.63) is 23.8 Å². The van der Waals surface area contributed by atoms with E-state index in [2.05, 4.69) is 19.2 Å². The van der Waals surface area contributed by atoms with Gasteiger partial charge in [-0.25, -0.2) is 0 Å². The Balaban J connectivity index is 2.75. The summed E-state index contributed by atoms with van der Waals surface area (Å²) in [5.41, 5.74) is 7.91. The second-order valence-electron chi connectivity index (χ2n) is 3.02. The highest BCUT2D eigenvalue weighted by atomic mass is 32.2. The first-order chi connectivity index (χ1) is 6.20. The lowest BCUT2D eigenvalue weighted by atomic mass is 10.1. The summed E-state index contributed by atoms with van der Waals surface area (Å²) in [6, 6.07) is 6.31. The Morgan fingerprint density at radius 3 is 2.77 bits per heavy atom. The number of benzene rings is 1. The maximum Gasteiger partial charge on any atom is 0.0608 e. The van der Waals surface area contributed by atoms with E-state index in [1.54, 1.807) is 11.8 Å². The van der Waals surface area contributed by atoms with Crippen LogP contribution in [0.3, 0.4) is 0 Å². The second-order valence-corrected chi connectivity index (χ2v) is 5.21. The van der Waals surface area contributed by atoms with Gasteiger partial charge in [0, 0.05) is 10.4 Å². The second kappa shape index (κ2) is 3.24. The molecule has 0 saturated heterocycles. The Morgan fingerprint density at radius 1 is 1.31 bits per heavy atom. The zero-order valence-corrected chi connectivity index (χ0v) is 9.26. The quantitative estimate of drug-likeness (QED) is 0.574. The first-order valence-electron chi connectivity index (χ1n) is 4.04. The number of nitrogen functional groups attached to an aromatic ring is 1. The molecule has 0 aliphatic carbocycles. The summed E-state index contributed by atoms with van der Waals surface area (Å²) in [5.74, 6) is 0. The molecule has 0 spiro atoms. The van der Waals surface area contributed by atoms with Gasteiger partial charge in [0.1, 0.15) is 0 Å². The van der Waals surface area contributed by atoms with E-state index in [0.29, 0.717) is 0 Å². The fourth-order valence-electron chi connectivity index (χ4n) is 1.42. The molecular formula is C10H11NS2. The van der Waals surface area contributed by atoms with Crippen molar-refractivity contribution in [1.29, 1.82) is 0 Å². The molecule has 3 heteroatoms. The highest BCUT2D eigenvalue weighted by Gasteiger charge is 2.03. The molecule has 0 unspecified atom stereocenters.